The van der Waals surface area contributed by atoms with Crippen molar-refractivity contribution in [1.29, 1.82) is 0 Å². The van der Waals surface area contributed by atoms with E-state index in [1.807, 2.05) is 13.0 Å². The Balaban J connectivity index is 3.35. The standard InChI is InChI=1S/C12H17BrFN/c1-8(2)12(3,7-15)11-9(13)5-4-6-10(11)14/h4-6,8H,7,15H2,1-3H3. The molecule has 0 heterocycles. The summed E-state index contributed by atoms with van der Waals surface area (Å²) in [5, 5.41) is 0. The van der Waals surface area contributed by atoms with Crippen LogP contribution in [0.1, 0.15) is 26.3 Å². The zero-order valence-electron chi connectivity index (χ0n) is 9.35. The van der Waals surface area contributed by atoms with E-state index in [2.05, 4.69) is 29.8 Å². The molecule has 3 heteroatoms. The highest BCUT2D eigenvalue weighted by molar-refractivity contribution is 9.10. The third-order valence-corrected chi connectivity index (χ3v) is 3.89. The Bertz CT molecular complexity index is 331. The average Bonchev–Trinajstić information content (AvgIpc) is 2.16. The topological polar surface area (TPSA) is 26.0 Å². The summed E-state index contributed by atoms with van der Waals surface area (Å²) >= 11 is 3.40. The first kappa shape index (κ1) is 12.7. The first-order valence-electron chi connectivity index (χ1n) is 5.08. The summed E-state index contributed by atoms with van der Waals surface area (Å²) in [6, 6.07) is 5.03. The highest BCUT2D eigenvalue weighted by Crippen LogP contribution is 2.37. The van der Waals surface area contributed by atoms with Crippen LogP contribution >= 0.6 is 15.9 Å². The van der Waals surface area contributed by atoms with Gasteiger partial charge in [-0.15, -0.1) is 0 Å². The van der Waals surface area contributed by atoms with Crippen LogP contribution in [0.15, 0.2) is 22.7 Å². The molecule has 1 aromatic rings. The van der Waals surface area contributed by atoms with Crippen LogP contribution in [0, 0.1) is 11.7 Å². The van der Waals surface area contributed by atoms with Gasteiger partial charge in [-0.2, -0.15) is 0 Å². The van der Waals surface area contributed by atoms with Gasteiger partial charge in [-0.05, 0) is 18.1 Å². The molecule has 84 valence electrons. The van der Waals surface area contributed by atoms with Gasteiger partial charge < -0.3 is 5.73 Å². The molecule has 0 bridgehead atoms. The molecular formula is C12H17BrFN. The summed E-state index contributed by atoms with van der Waals surface area (Å²) < 4.78 is 14.6. The fourth-order valence-electron chi connectivity index (χ4n) is 1.67. The Hall–Kier alpha value is -0.410. The predicted octanol–water partition coefficient (Wildman–Crippen LogP) is 3.46. The van der Waals surface area contributed by atoms with Crippen molar-refractivity contribution in [3.63, 3.8) is 0 Å². The summed E-state index contributed by atoms with van der Waals surface area (Å²) in [6.07, 6.45) is 0. The summed E-state index contributed by atoms with van der Waals surface area (Å²) in [5.41, 5.74) is 6.14. The number of halogens is 2. The van der Waals surface area contributed by atoms with Crippen LogP contribution in [-0.4, -0.2) is 6.54 Å². The van der Waals surface area contributed by atoms with Crippen molar-refractivity contribution in [2.24, 2.45) is 11.7 Å². The van der Waals surface area contributed by atoms with Gasteiger partial charge in [0.05, 0.1) is 0 Å². The lowest BCUT2D eigenvalue weighted by Gasteiger charge is -2.34. The minimum absolute atomic E-state index is 0.189. The third-order valence-electron chi connectivity index (χ3n) is 3.23. The maximum Gasteiger partial charge on any atom is 0.128 e. The second kappa shape index (κ2) is 4.62. The average molecular weight is 274 g/mol. The summed E-state index contributed by atoms with van der Waals surface area (Å²) in [4.78, 5) is 0. The molecule has 0 amide bonds. The minimum atomic E-state index is -0.329. The summed E-state index contributed by atoms with van der Waals surface area (Å²) in [5.74, 6) is 0.0988. The second-order valence-electron chi connectivity index (χ2n) is 4.37. The fraction of sp³-hybridized carbons (Fsp3) is 0.500. The van der Waals surface area contributed by atoms with Crippen LogP contribution in [0.4, 0.5) is 4.39 Å². The molecule has 1 rings (SSSR count). The maximum atomic E-state index is 13.8. The molecule has 0 fully saturated rings. The normalized spacial score (nSPS) is 15.4. The molecule has 15 heavy (non-hydrogen) atoms. The molecule has 0 radical (unpaired) electrons. The molecule has 1 unspecified atom stereocenters. The van der Waals surface area contributed by atoms with Crippen molar-refractivity contribution in [3.05, 3.63) is 34.1 Å². The van der Waals surface area contributed by atoms with Gasteiger partial charge >= 0.3 is 0 Å². The van der Waals surface area contributed by atoms with E-state index in [0.29, 0.717) is 12.1 Å². The lowest BCUT2D eigenvalue weighted by Crippen LogP contribution is -2.38. The predicted molar refractivity (Wildman–Crippen MR) is 65.3 cm³/mol. The van der Waals surface area contributed by atoms with Crippen molar-refractivity contribution >= 4 is 15.9 Å². The highest BCUT2D eigenvalue weighted by Gasteiger charge is 2.33. The number of nitrogens with two attached hydrogens (primary N) is 1. The van der Waals surface area contributed by atoms with E-state index >= 15 is 0 Å². The van der Waals surface area contributed by atoms with Gasteiger partial charge in [0.25, 0.3) is 0 Å². The maximum absolute atomic E-state index is 13.8. The van der Waals surface area contributed by atoms with Gasteiger partial charge in [0.15, 0.2) is 0 Å². The fourth-order valence-corrected chi connectivity index (χ4v) is 2.46. The number of hydrogen-bond acceptors (Lipinski definition) is 1. The molecule has 0 aliphatic carbocycles. The van der Waals surface area contributed by atoms with E-state index in [9.17, 15) is 4.39 Å². The van der Waals surface area contributed by atoms with E-state index < -0.39 is 0 Å². The lowest BCUT2D eigenvalue weighted by molar-refractivity contribution is 0.333. The SMILES string of the molecule is CC(C)C(C)(CN)c1c(F)cccc1Br. The molecule has 1 aromatic carbocycles. The minimum Gasteiger partial charge on any atom is -0.330 e. The molecule has 0 aliphatic heterocycles. The smallest absolute Gasteiger partial charge is 0.128 e. The second-order valence-corrected chi connectivity index (χ2v) is 5.23. The van der Waals surface area contributed by atoms with Gasteiger partial charge in [0.1, 0.15) is 5.82 Å². The van der Waals surface area contributed by atoms with Gasteiger partial charge in [-0.3, -0.25) is 0 Å². The Labute approximate surface area is 99.0 Å². The Morgan fingerprint density at radius 2 is 2.07 bits per heavy atom. The molecule has 0 spiro atoms. The molecule has 0 aliphatic rings. The zero-order valence-corrected chi connectivity index (χ0v) is 10.9. The van der Waals surface area contributed by atoms with E-state index in [1.165, 1.54) is 6.07 Å². The van der Waals surface area contributed by atoms with E-state index in [1.54, 1.807) is 6.07 Å². The largest absolute Gasteiger partial charge is 0.330 e. The molecule has 1 nitrogen and oxygen atoms in total. The Morgan fingerprint density at radius 3 is 2.47 bits per heavy atom. The van der Waals surface area contributed by atoms with Gasteiger partial charge in [-0.25, -0.2) is 4.39 Å². The quantitative estimate of drug-likeness (QED) is 0.897. The molecule has 1 atom stereocenters. The van der Waals surface area contributed by atoms with Crippen molar-refractivity contribution in [3.8, 4) is 0 Å². The van der Waals surface area contributed by atoms with Crippen molar-refractivity contribution < 1.29 is 4.39 Å². The van der Waals surface area contributed by atoms with Gasteiger partial charge in [0, 0.05) is 22.0 Å². The van der Waals surface area contributed by atoms with E-state index in [4.69, 9.17) is 5.73 Å². The Morgan fingerprint density at radius 1 is 1.47 bits per heavy atom. The van der Waals surface area contributed by atoms with Crippen LogP contribution in [-0.2, 0) is 5.41 Å². The van der Waals surface area contributed by atoms with Crippen LogP contribution in [0.25, 0.3) is 0 Å². The monoisotopic (exact) mass is 273 g/mol. The van der Waals surface area contributed by atoms with Crippen molar-refractivity contribution in [1.82, 2.24) is 0 Å². The number of rotatable bonds is 3. The molecular weight excluding hydrogens is 257 g/mol. The van der Waals surface area contributed by atoms with Crippen LogP contribution in [0.2, 0.25) is 0 Å². The lowest BCUT2D eigenvalue weighted by atomic mass is 9.73. The third kappa shape index (κ3) is 2.23. The molecule has 2 N–H and O–H groups in total. The first-order valence-corrected chi connectivity index (χ1v) is 5.87. The van der Waals surface area contributed by atoms with E-state index in [-0.39, 0.29) is 17.2 Å². The Kier molecular flexibility index (Phi) is 3.90. The van der Waals surface area contributed by atoms with Crippen LogP contribution in [0.5, 0.6) is 0 Å². The van der Waals surface area contributed by atoms with Gasteiger partial charge in [-0.1, -0.05) is 42.8 Å². The highest BCUT2D eigenvalue weighted by atomic mass is 79.9. The van der Waals surface area contributed by atoms with Crippen LogP contribution < -0.4 is 5.73 Å². The van der Waals surface area contributed by atoms with Crippen LogP contribution in [0.3, 0.4) is 0 Å². The zero-order chi connectivity index (χ0) is 11.6. The first-order chi connectivity index (χ1) is 6.93. The molecule has 0 saturated heterocycles. The molecule has 0 aromatic heterocycles. The summed E-state index contributed by atoms with van der Waals surface area (Å²) in [6.45, 7) is 6.56. The number of hydrogen-bond donors (Lipinski definition) is 1. The molecule has 0 saturated carbocycles. The summed E-state index contributed by atoms with van der Waals surface area (Å²) in [7, 11) is 0. The van der Waals surface area contributed by atoms with E-state index in [0.717, 1.165) is 4.47 Å². The van der Waals surface area contributed by atoms with Gasteiger partial charge in [0.2, 0.25) is 0 Å². The van der Waals surface area contributed by atoms with Crippen molar-refractivity contribution in [2.45, 2.75) is 26.2 Å². The number of benzene rings is 1. The van der Waals surface area contributed by atoms with Crippen molar-refractivity contribution in [2.75, 3.05) is 6.54 Å².